The van der Waals surface area contributed by atoms with Gasteiger partial charge in [-0.2, -0.15) is 0 Å². The van der Waals surface area contributed by atoms with Crippen LogP contribution >= 0.6 is 0 Å². The van der Waals surface area contributed by atoms with E-state index in [0.717, 1.165) is 5.56 Å². The van der Waals surface area contributed by atoms with Gasteiger partial charge in [0.1, 0.15) is 0 Å². The minimum atomic E-state index is -0.334. The number of rotatable bonds is 6. The summed E-state index contributed by atoms with van der Waals surface area (Å²) < 4.78 is 21.2. The molecular weight excluding hydrogens is 390 g/mol. The van der Waals surface area contributed by atoms with Gasteiger partial charge in [0.25, 0.3) is 0 Å². The molecule has 9 nitrogen and oxygen atoms in total. The van der Waals surface area contributed by atoms with Gasteiger partial charge in [0.15, 0.2) is 23.0 Å². The summed E-state index contributed by atoms with van der Waals surface area (Å²) in [5, 5.41) is 5.67. The van der Waals surface area contributed by atoms with E-state index in [2.05, 4.69) is 10.6 Å². The third-order valence-electron chi connectivity index (χ3n) is 5.03. The number of amides is 3. The maximum Gasteiger partial charge on any atom is 0.315 e. The monoisotopic (exact) mass is 413 g/mol. The Labute approximate surface area is 173 Å². The summed E-state index contributed by atoms with van der Waals surface area (Å²) in [6.45, 7) is 0.924. The first kappa shape index (κ1) is 19.7. The SMILES string of the molecule is COc1ccc(N2CC(NC(=O)NCc3ccc4c(c3)OCO4)CC2=O)cc1OC. The van der Waals surface area contributed by atoms with Crippen molar-refractivity contribution in [1.82, 2.24) is 10.6 Å². The molecule has 2 aliphatic rings. The highest BCUT2D eigenvalue weighted by Gasteiger charge is 2.32. The van der Waals surface area contributed by atoms with Crippen LogP contribution in [-0.2, 0) is 11.3 Å². The molecule has 0 radical (unpaired) electrons. The molecule has 0 spiro atoms. The lowest BCUT2D eigenvalue weighted by molar-refractivity contribution is -0.117. The number of hydrogen-bond donors (Lipinski definition) is 2. The molecule has 1 unspecified atom stereocenters. The number of nitrogens with one attached hydrogen (secondary N) is 2. The van der Waals surface area contributed by atoms with Crippen molar-refractivity contribution >= 4 is 17.6 Å². The molecule has 30 heavy (non-hydrogen) atoms. The van der Waals surface area contributed by atoms with Crippen molar-refractivity contribution in [3.63, 3.8) is 0 Å². The van der Waals surface area contributed by atoms with Crippen molar-refractivity contribution in [2.24, 2.45) is 0 Å². The zero-order valence-corrected chi connectivity index (χ0v) is 16.8. The van der Waals surface area contributed by atoms with E-state index in [0.29, 0.717) is 41.8 Å². The van der Waals surface area contributed by atoms with E-state index in [1.807, 2.05) is 18.2 Å². The molecule has 1 saturated heterocycles. The van der Waals surface area contributed by atoms with Crippen LogP contribution in [0.3, 0.4) is 0 Å². The number of carbonyl (C=O) groups is 2. The van der Waals surface area contributed by atoms with Gasteiger partial charge in [-0.25, -0.2) is 4.79 Å². The number of hydrogen-bond acceptors (Lipinski definition) is 6. The first-order valence-electron chi connectivity index (χ1n) is 9.52. The van der Waals surface area contributed by atoms with E-state index in [4.69, 9.17) is 18.9 Å². The Morgan fingerprint density at radius 2 is 1.90 bits per heavy atom. The molecule has 1 fully saturated rings. The lowest BCUT2D eigenvalue weighted by Gasteiger charge is -2.19. The highest BCUT2D eigenvalue weighted by Crippen LogP contribution is 2.33. The number of urea groups is 1. The average molecular weight is 413 g/mol. The van der Waals surface area contributed by atoms with Crippen LogP contribution in [0.5, 0.6) is 23.0 Å². The summed E-state index contributed by atoms with van der Waals surface area (Å²) >= 11 is 0. The summed E-state index contributed by atoms with van der Waals surface area (Å²) in [6, 6.07) is 10.2. The molecule has 2 heterocycles. The predicted molar refractivity (Wildman–Crippen MR) is 108 cm³/mol. The first-order valence-corrected chi connectivity index (χ1v) is 9.52. The van der Waals surface area contributed by atoms with Gasteiger partial charge in [-0.1, -0.05) is 6.07 Å². The van der Waals surface area contributed by atoms with E-state index >= 15 is 0 Å². The van der Waals surface area contributed by atoms with Gasteiger partial charge in [-0.05, 0) is 29.8 Å². The number of fused-ring (bicyclic) bond motifs is 1. The molecular formula is C21H23N3O6. The Balaban J connectivity index is 1.32. The normalized spacial score (nSPS) is 17.1. The van der Waals surface area contributed by atoms with Crippen LogP contribution in [0.2, 0.25) is 0 Å². The second-order valence-corrected chi connectivity index (χ2v) is 6.96. The molecule has 3 amide bonds. The zero-order chi connectivity index (χ0) is 21.1. The first-order chi connectivity index (χ1) is 14.6. The fraction of sp³-hybridized carbons (Fsp3) is 0.333. The van der Waals surface area contributed by atoms with Gasteiger partial charge < -0.3 is 34.5 Å². The van der Waals surface area contributed by atoms with Crippen LogP contribution in [-0.4, -0.2) is 45.5 Å². The van der Waals surface area contributed by atoms with Crippen LogP contribution < -0.4 is 34.5 Å². The number of methoxy groups -OCH3 is 2. The molecule has 0 bridgehead atoms. The van der Waals surface area contributed by atoms with Crippen molar-refractivity contribution < 1.29 is 28.5 Å². The van der Waals surface area contributed by atoms with Crippen LogP contribution in [0.15, 0.2) is 36.4 Å². The standard InChI is InChI=1S/C21H23N3O6/c1-27-16-6-4-15(9-18(16)28-2)24-11-14(8-20(24)25)23-21(26)22-10-13-3-5-17-19(7-13)30-12-29-17/h3-7,9,14H,8,10-12H2,1-2H3,(H2,22,23,26). The van der Waals surface area contributed by atoms with Crippen molar-refractivity contribution in [2.45, 2.75) is 19.0 Å². The van der Waals surface area contributed by atoms with E-state index in [1.165, 1.54) is 0 Å². The van der Waals surface area contributed by atoms with Crippen LogP contribution in [0.4, 0.5) is 10.5 Å². The third kappa shape index (κ3) is 4.05. The maximum absolute atomic E-state index is 12.5. The summed E-state index contributed by atoms with van der Waals surface area (Å²) in [7, 11) is 3.10. The molecule has 0 aromatic heterocycles. The van der Waals surface area contributed by atoms with Crippen LogP contribution in [0, 0.1) is 0 Å². The maximum atomic E-state index is 12.5. The largest absolute Gasteiger partial charge is 0.493 e. The molecule has 158 valence electrons. The van der Waals surface area contributed by atoms with Gasteiger partial charge in [0, 0.05) is 31.3 Å². The Hall–Kier alpha value is -3.62. The van der Waals surface area contributed by atoms with Gasteiger partial charge in [0.05, 0.1) is 20.3 Å². The quantitative estimate of drug-likeness (QED) is 0.752. The molecule has 1 atom stereocenters. The van der Waals surface area contributed by atoms with E-state index in [-0.39, 0.29) is 31.2 Å². The number of carbonyl (C=O) groups excluding carboxylic acids is 2. The van der Waals surface area contributed by atoms with Crippen molar-refractivity contribution in [3.8, 4) is 23.0 Å². The highest BCUT2D eigenvalue weighted by atomic mass is 16.7. The number of anilines is 1. The fourth-order valence-corrected chi connectivity index (χ4v) is 3.52. The third-order valence-corrected chi connectivity index (χ3v) is 5.03. The topological polar surface area (TPSA) is 98.4 Å². The smallest absolute Gasteiger partial charge is 0.315 e. The van der Waals surface area contributed by atoms with Gasteiger partial charge in [-0.3, -0.25) is 4.79 Å². The minimum absolute atomic E-state index is 0.0664. The van der Waals surface area contributed by atoms with Gasteiger partial charge >= 0.3 is 6.03 Å². The second-order valence-electron chi connectivity index (χ2n) is 6.96. The summed E-state index contributed by atoms with van der Waals surface area (Å²) in [4.78, 5) is 26.4. The predicted octanol–water partition coefficient (Wildman–Crippen LogP) is 2.04. The lowest BCUT2D eigenvalue weighted by atomic mass is 10.2. The molecule has 0 saturated carbocycles. The minimum Gasteiger partial charge on any atom is -0.493 e. The lowest BCUT2D eigenvalue weighted by Crippen LogP contribution is -2.43. The van der Waals surface area contributed by atoms with Gasteiger partial charge in [0.2, 0.25) is 12.7 Å². The van der Waals surface area contributed by atoms with Gasteiger partial charge in [-0.15, -0.1) is 0 Å². The van der Waals surface area contributed by atoms with E-state index in [1.54, 1.807) is 37.3 Å². The van der Waals surface area contributed by atoms with Crippen molar-refractivity contribution in [3.05, 3.63) is 42.0 Å². The van der Waals surface area contributed by atoms with Crippen molar-refractivity contribution in [1.29, 1.82) is 0 Å². The number of nitrogens with zero attached hydrogens (tertiary/aromatic N) is 1. The Morgan fingerprint density at radius 1 is 1.10 bits per heavy atom. The van der Waals surface area contributed by atoms with Crippen LogP contribution in [0.1, 0.15) is 12.0 Å². The average Bonchev–Trinajstić information content (AvgIpc) is 3.37. The molecule has 2 aliphatic heterocycles. The Bertz CT molecular complexity index is 964. The Morgan fingerprint density at radius 3 is 2.70 bits per heavy atom. The molecule has 2 N–H and O–H groups in total. The zero-order valence-electron chi connectivity index (χ0n) is 16.8. The van der Waals surface area contributed by atoms with Crippen LogP contribution in [0.25, 0.3) is 0 Å². The molecule has 2 aromatic rings. The molecule has 9 heteroatoms. The number of benzene rings is 2. The van der Waals surface area contributed by atoms with Crippen molar-refractivity contribution in [2.75, 3.05) is 32.5 Å². The second kappa shape index (κ2) is 8.40. The fourth-order valence-electron chi connectivity index (χ4n) is 3.52. The number of ether oxygens (including phenoxy) is 4. The molecule has 4 rings (SSSR count). The highest BCUT2D eigenvalue weighted by molar-refractivity contribution is 5.97. The molecule has 0 aliphatic carbocycles. The summed E-state index contributed by atoms with van der Waals surface area (Å²) in [6.07, 6.45) is 0.228. The van der Waals surface area contributed by atoms with E-state index < -0.39 is 0 Å². The molecule has 2 aromatic carbocycles. The summed E-state index contributed by atoms with van der Waals surface area (Å²) in [5.41, 5.74) is 1.59. The Kier molecular flexibility index (Phi) is 5.51. The summed E-state index contributed by atoms with van der Waals surface area (Å²) in [5.74, 6) is 2.43. The van der Waals surface area contributed by atoms with E-state index in [9.17, 15) is 9.59 Å².